The summed E-state index contributed by atoms with van der Waals surface area (Å²) in [7, 11) is 2.18. The number of rotatable bonds is 0. The Balaban J connectivity index is 1.87. The van der Waals surface area contributed by atoms with Gasteiger partial charge in [-0.1, -0.05) is 84.4 Å². The van der Waals surface area contributed by atoms with Crippen molar-refractivity contribution in [3.63, 3.8) is 0 Å². The van der Waals surface area contributed by atoms with Crippen LogP contribution in [0.1, 0.15) is 27.8 Å². The molecule has 0 N–H and O–H groups in total. The number of para-hydroxylation sites is 2. The number of hydrogen-bond acceptors (Lipinski definition) is 1. The minimum Gasteiger partial charge on any atom is -0.344 e. The maximum Gasteiger partial charge on any atom is 0.0754 e. The molecule has 1 aliphatic heterocycles. The van der Waals surface area contributed by atoms with Crippen LogP contribution >= 0.6 is 0 Å². The smallest absolute Gasteiger partial charge is 0.0754 e. The zero-order valence-electron chi connectivity index (χ0n) is 16.1. The molecule has 0 aromatic heterocycles. The summed E-state index contributed by atoms with van der Waals surface area (Å²) in [6, 6.07) is 33.7. The lowest BCUT2D eigenvalue weighted by Gasteiger charge is -2.43. The molecule has 1 nitrogen and oxygen atoms in total. The molecule has 134 valence electrons. The van der Waals surface area contributed by atoms with Crippen molar-refractivity contribution in [3.8, 4) is 11.1 Å². The van der Waals surface area contributed by atoms with Gasteiger partial charge in [-0.05, 0) is 52.4 Å². The standard InChI is InChI=1S/C27H21N/c1-18-15-16-20-19-9-3-4-10-21(19)27(24(20)17-18)22-11-5-7-13-25(22)28(2)26-14-8-6-12-23(26)27/h3-17H,1-2H3. The van der Waals surface area contributed by atoms with Crippen molar-refractivity contribution in [2.45, 2.75) is 12.3 Å². The summed E-state index contributed by atoms with van der Waals surface area (Å²) in [4.78, 5) is 2.34. The number of benzene rings is 4. The van der Waals surface area contributed by atoms with Crippen LogP contribution in [0.2, 0.25) is 0 Å². The fourth-order valence-electron chi connectivity index (χ4n) is 5.41. The molecular formula is C27H21N. The molecule has 0 saturated carbocycles. The summed E-state index contributed by atoms with van der Waals surface area (Å²) in [6.45, 7) is 2.20. The third-order valence-corrected chi connectivity index (χ3v) is 6.54. The Hall–Kier alpha value is -3.32. The Labute approximate surface area is 165 Å². The molecule has 0 radical (unpaired) electrons. The van der Waals surface area contributed by atoms with Gasteiger partial charge in [0.25, 0.3) is 0 Å². The van der Waals surface area contributed by atoms with E-state index in [9.17, 15) is 0 Å². The van der Waals surface area contributed by atoms with Crippen molar-refractivity contribution < 1.29 is 0 Å². The van der Waals surface area contributed by atoms with Gasteiger partial charge in [0, 0.05) is 18.4 Å². The number of aryl methyl sites for hydroxylation is 1. The highest BCUT2D eigenvalue weighted by atomic mass is 15.1. The summed E-state index contributed by atoms with van der Waals surface area (Å²) in [5, 5.41) is 0. The SMILES string of the molecule is Cc1ccc2c(c1)C1(c3ccccc3-2)c2ccccc2N(C)c2ccccc21. The summed E-state index contributed by atoms with van der Waals surface area (Å²) in [5.41, 5.74) is 11.8. The van der Waals surface area contributed by atoms with Crippen LogP contribution in [0.25, 0.3) is 11.1 Å². The summed E-state index contributed by atoms with van der Waals surface area (Å²) in [5.74, 6) is 0. The second-order valence-corrected chi connectivity index (χ2v) is 7.94. The van der Waals surface area contributed by atoms with Crippen molar-refractivity contribution in [1.29, 1.82) is 0 Å². The summed E-state index contributed by atoms with van der Waals surface area (Å²) < 4.78 is 0. The van der Waals surface area contributed by atoms with E-state index in [-0.39, 0.29) is 5.41 Å². The highest BCUT2D eigenvalue weighted by Crippen LogP contribution is 2.61. The fraction of sp³-hybridized carbons (Fsp3) is 0.111. The van der Waals surface area contributed by atoms with Gasteiger partial charge in [-0.3, -0.25) is 0 Å². The van der Waals surface area contributed by atoms with E-state index < -0.39 is 0 Å². The predicted molar refractivity (Wildman–Crippen MR) is 117 cm³/mol. The molecule has 0 atom stereocenters. The normalized spacial score (nSPS) is 15.0. The third kappa shape index (κ3) is 1.72. The van der Waals surface area contributed by atoms with E-state index in [2.05, 4.69) is 110 Å². The van der Waals surface area contributed by atoms with E-state index in [0.717, 1.165) is 0 Å². The van der Waals surface area contributed by atoms with Crippen LogP contribution in [0.5, 0.6) is 0 Å². The predicted octanol–water partition coefficient (Wildman–Crippen LogP) is 6.44. The van der Waals surface area contributed by atoms with Gasteiger partial charge in [-0.2, -0.15) is 0 Å². The maximum absolute atomic E-state index is 2.40. The zero-order chi connectivity index (χ0) is 18.9. The first-order valence-corrected chi connectivity index (χ1v) is 9.86. The molecule has 4 aromatic rings. The van der Waals surface area contributed by atoms with Crippen molar-refractivity contribution in [2.24, 2.45) is 0 Å². The van der Waals surface area contributed by atoms with Gasteiger partial charge in [0.05, 0.1) is 5.41 Å². The summed E-state index contributed by atoms with van der Waals surface area (Å²) in [6.07, 6.45) is 0. The van der Waals surface area contributed by atoms with Gasteiger partial charge in [0.1, 0.15) is 0 Å². The van der Waals surface area contributed by atoms with Crippen molar-refractivity contribution in [1.82, 2.24) is 0 Å². The van der Waals surface area contributed by atoms with Crippen LogP contribution in [0.4, 0.5) is 11.4 Å². The van der Waals surface area contributed by atoms with Crippen molar-refractivity contribution in [3.05, 3.63) is 119 Å². The third-order valence-electron chi connectivity index (χ3n) is 6.54. The molecule has 0 bridgehead atoms. The van der Waals surface area contributed by atoms with E-state index in [1.54, 1.807) is 0 Å². The van der Waals surface area contributed by atoms with Crippen molar-refractivity contribution >= 4 is 11.4 Å². The molecular weight excluding hydrogens is 338 g/mol. The van der Waals surface area contributed by atoms with Gasteiger partial charge >= 0.3 is 0 Å². The number of nitrogens with zero attached hydrogens (tertiary/aromatic N) is 1. The Morgan fingerprint density at radius 3 is 1.79 bits per heavy atom. The van der Waals surface area contributed by atoms with Gasteiger partial charge in [-0.15, -0.1) is 0 Å². The van der Waals surface area contributed by atoms with Gasteiger partial charge < -0.3 is 4.90 Å². The highest BCUT2D eigenvalue weighted by Gasteiger charge is 2.50. The van der Waals surface area contributed by atoms with E-state index in [1.807, 2.05) is 0 Å². The second kappa shape index (κ2) is 5.36. The molecule has 0 unspecified atom stereocenters. The lowest BCUT2D eigenvalue weighted by Crippen LogP contribution is -2.36. The lowest BCUT2D eigenvalue weighted by molar-refractivity contribution is 0.747. The second-order valence-electron chi connectivity index (χ2n) is 7.94. The minimum atomic E-state index is -0.266. The Kier molecular flexibility index (Phi) is 3.01. The van der Waals surface area contributed by atoms with Gasteiger partial charge in [0.15, 0.2) is 0 Å². The van der Waals surface area contributed by atoms with Crippen LogP contribution in [0.15, 0.2) is 91.0 Å². The molecule has 28 heavy (non-hydrogen) atoms. The Bertz CT molecular complexity index is 1200. The Morgan fingerprint density at radius 1 is 0.571 bits per heavy atom. The first kappa shape index (κ1) is 15.7. The molecule has 0 amide bonds. The molecule has 6 rings (SSSR count). The van der Waals surface area contributed by atoms with Crippen molar-refractivity contribution in [2.75, 3.05) is 11.9 Å². The van der Waals surface area contributed by atoms with Gasteiger partial charge in [-0.25, -0.2) is 0 Å². The number of anilines is 2. The van der Waals surface area contributed by atoms with E-state index in [0.29, 0.717) is 0 Å². The van der Waals surface area contributed by atoms with Crippen LogP contribution in [-0.2, 0) is 5.41 Å². The maximum atomic E-state index is 2.40. The molecule has 1 aliphatic carbocycles. The highest BCUT2D eigenvalue weighted by molar-refractivity contribution is 5.92. The molecule has 0 saturated heterocycles. The van der Waals surface area contributed by atoms with E-state index in [4.69, 9.17) is 0 Å². The van der Waals surface area contributed by atoms with Crippen LogP contribution in [0, 0.1) is 6.92 Å². The molecule has 2 aliphatic rings. The topological polar surface area (TPSA) is 3.24 Å². The zero-order valence-corrected chi connectivity index (χ0v) is 16.1. The van der Waals surface area contributed by atoms with Crippen LogP contribution in [0.3, 0.4) is 0 Å². The summed E-state index contributed by atoms with van der Waals surface area (Å²) >= 11 is 0. The average molecular weight is 359 g/mol. The Morgan fingerprint density at radius 2 is 1.11 bits per heavy atom. The van der Waals surface area contributed by atoms with Gasteiger partial charge in [0.2, 0.25) is 0 Å². The quantitative estimate of drug-likeness (QED) is 0.307. The monoisotopic (exact) mass is 359 g/mol. The fourth-order valence-corrected chi connectivity index (χ4v) is 5.41. The first-order valence-electron chi connectivity index (χ1n) is 9.86. The van der Waals surface area contributed by atoms with E-state index in [1.165, 1.54) is 50.3 Å². The number of fused-ring (bicyclic) bond motifs is 9. The minimum absolute atomic E-state index is 0.266. The van der Waals surface area contributed by atoms with Crippen LogP contribution in [-0.4, -0.2) is 7.05 Å². The molecule has 1 spiro atoms. The van der Waals surface area contributed by atoms with Crippen LogP contribution < -0.4 is 4.90 Å². The molecule has 0 fully saturated rings. The average Bonchev–Trinajstić information content (AvgIpc) is 3.03. The molecule has 1 heterocycles. The largest absolute Gasteiger partial charge is 0.344 e. The molecule has 4 aromatic carbocycles. The number of hydrogen-bond donors (Lipinski definition) is 0. The lowest BCUT2D eigenvalue weighted by atomic mass is 9.64. The molecule has 1 heteroatoms. The first-order chi connectivity index (χ1) is 13.7. The van der Waals surface area contributed by atoms with E-state index >= 15 is 0 Å².